The largest absolute Gasteiger partial charge is 0.388 e. The van der Waals surface area contributed by atoms with Gasteiger partial charge in [-0.2, -0.15) is 0 Å². The van der Waals surface area contributed by atoms with E-state index in [2.05, 4.69) is 126 Å². The summed E-state index contributed by atoms with van der Waals surface area (Å²) in [6.07, 6.45) is 2.83. The van der Waals surface area contributed by atoms with E-state index >= 15 is 0 Å². The second-order valence-corrected chi connectivity index (χ2v) is 12.1. The monoisotopic (exact) mass is 541 g/mol. The quantitative estimate of drug-likeness (QED) is 0.198. The van der Waals surface area contributed by atoms with Crippen molar-refractivity contribution in [2.45, 2.75) is 61.4 Å². The molecule has 0 saturated heterocycles. The molecule has 0 fully saturated rings. The van der Waals surface area contributed by atoms with Crippen molar-refractivity contribution in [1.82, 2.24) is 9.55 Å². The van der Waals surface area contributed by atoms with E-state index in [0.717, 1.165) is 29.9 Å². The molecular weight excluding hydrogens is 498 g/mol. The molecule has 0 bridgehead atoms. The maximum absolute atomic E-state index is 4.79. The highest BCUT2D eigenvalue weighted by Crippen LogP contribution is 2.42. The Morgan fingerprint density at radius 1 is 0.878 bits per heavy atom. The van der Waals surface area contributed by atoms with Gasteiger partial charge >= 0.3 is 0 Å². The van der Waals surface area contributed by atoms with Gasteiger partial charge < -0.3 is 9.88 Å². The number of benzene rings is 3. The van der Waals surface area contributed by atoms with Gasteiger partial charge in [0, 0.05) is 47.7 Å². The van der Waals surface area contributed by atoms with E-state index in [0.29, 0.717) is 5.92 Å². The minimum atomic E-state index is 0.500. The Bertz CT molecular complexity index is 1750. The molecule has 5 rings (SSSR count). The van der Waals surface area contributed by atoms with E-state index in [4.69, 9.17) is 4.98 Å². The minimum Gasteiger partial charge on any atom is -0.388 e. The first kappa shape index (κ1) is 28.4. The van der Waals surface area contributed by atoms with Crippen LogP contribution in [-0.4, -0.2) is 16.6 Å². The van der Waals surface area contributed by atoms with E-state index in [1.165, 1.54) is 66.7 Å². The van der Waals surface area contributed by atoms with Crippen LogP contribution in [0.1, 0.15) is 48.6 Å². The van der Waals surface area contributed by atoms with Gasteiger partial charge in [0.1, 0.15) is 0 Å². The molecule has 2 aromatic heterocycles. The Morgan fingerprint density at radius 2 is 1.59 bits per heavy atom. The summed E-state index contributed by atoms with van der Waals surface area (Å²) in [5.74, 6) is 0.500. The lowest BCUT2D eigenvalue weighted by atomic mass is 9.86. The summed E-state index contributed by atoms with van der Waals surface area (Å²) in [6, 6.07) is 22.4. The predicted molar refractivity (Wildman–Crippen MR) is 178 cm³/mol. The van der Waals surface area contributed by atoms with Gasteiger partial charge in [0.05, 0.1) is 11.2 Å². The minimum absolute atomic E-state index is 0.500. The van der Waals surface area contributed by atoms with Crippen LogP contribution < -0.4 is 5.32 Å². The van der Waals surface area contributed by atoms with Gasteiger partial charge in [-0.15, -0.1) is 0 Å². The lowest BCUT2D eigenvalue weighted by Gasteiger charge is -2.21. The second-order valence-electron chi connectivity index (χ2n) is 12.1. The lowest BCUT2D eigenvalue weighted by molar-refractivity contribution is 0.538. The van der Waals surface area contributed by atoms with E-state index in [1.807, 2.05) is 13.2 Å². The summed E-state index contributed by atoms with van der Waals surface area (Å²) in [5, 5.41) is 4.59. The molecule has 3 aromatic carbocycles. The molecule has 0 amide bonds. The van der Waals surface area contributed by atoms with Crippen LogP contribution in [0.3, 0.4) is 0 Å². The molecule has 210 valence electrons. The highest BCUT2D eigenvalue weighted by atomic mass is 15.0. The zero-order chi connectivity index (χ0) is 29.4. The van der Waals surface area contributed by atoms with Gasteiger partial charge in [0.2, 0.25) is 0 Å². The summed E-state index contributed by atoms with van der Waals surface area (Å²) >= 11 is 0. The molecule has 41 heavy (non-hydrogen) atoms. The summed E-state index contributed by atoms with van der Waals surface area (Å²) in [5.41, 5.74) is 17.4. The zero-order valence-corrected chi connectivity index (χ0v) is 25.9. The first-order valence-electron chi connectivity index (χ1n) is 14.7. The Morgan fingerprint density at radius 3 is 2.22 bits per heavy atom. The van der Waals surface area contributed by atoms with Crippen LogP contribution in [0.15, 0.2) is 79.0 Å². The second kappa shape index (κ2) is 11.4. The van der Waals surface area contributed by atoms with Crippen LogP contribution >= 0.6 is 0 Å². The van der Waals surface area contributed by atoms with Crippen molar-refractivity contribution in [1.29, 1.82) is 0 Å². The molecule has 3 nitrogen and oxygen atoms in total. The average molecular weight is 542 g/mol. The van der Waals surface area contributed by atoms with Crippen molar-refractivity contribution in [3.05, 3.63) is 107 Å². The number of aryl methyl sites for hydroxylation is 3. The summed E-state index contributed by atoms with van der Waals surface area (Å²) < 4.78 is 2.55. The molecule has 0 saturated carbocycles. The van der Waals surface area contributed by atoms with Crippen LogP contribution in [0, 0.1) is 33.6 Å². The molecule has 0 aliphatic carbocycles. The Kier molecular flexibility index (Phi) is 7.91. The number of nitrogens with zero attached hydrogens (tertiary/aromatic N) is 2. The fourth-order valence-corrected chi connectivity index (χ4v) is 6.12. The van der Waals surface area contributed by atoms with Crippen molar-refractivity contribution in [2.24, 2.45) is 5.92 Å². The summed E-state index contributed by atoms with van der Waals surface area (Å²) in [4.78, 5) is 4.79. The molecule has 0 atom stereocenters. The van der Waals surface area contributed by atoms with E-state index < -0.39 is 0 Å². The smallest absolute Gasteiger partial charge is 0.0708 e. The Hall–Kier alpha value is -4.11. The number of allylic oxidation sites excluding steroid dienone is 1. The number of hydrogen-bond acceptors (Lipinski definition) is 2. The number of aromatic nitrogens is 2. The van der Waals surface area contributed by atoms with Gasteiger partial charge in [-0.1, -0.05) is 61.9 Å². The molecule has 5 aromatic rings. The van der Waals surface area contributed by atoms with Crippen LogP contribution in [0.5, 0.6) is 0 Å². The SMILES string of the molecule is C=C(C)Cc1c(C)c(C)c2c(cc(-c3ccnc(-c4ccc(NC)c(C)c4)c3)n2CC(C)C)c1-c1ccc(C)cc1. The van der Waals surface area contributed by atoms with Gasteiger partial charge in [-0.3, -0.25) is 4.98 Å². The van der Waals surface area contributed by atoms with E-state index in [1.54, 1.807) is 0 Å². The van der Waals surface area contributed by atoms with Crippen molar-refractivity contribution >= 4 is 16.6 Å². The average Bonchev–Trinajstić information content (AvgIpc) is 3.30. The number of rotatable bonds is 8. The van der Waals surface area contributed by atoms with Crippen molar-refractivity contribution < 1.29 is 0 Å². The van der Waals surface area contributed by atoms with Crippen molar-refractivity contribution in [3.63, 3.8) is 0 Å². The Balaban J connectivity index is 1.81. The predicted octanol–water partition coefficient (Wildman–Crippen LogP) is 10.1. The van der Waals surface area contributed by atoms with Gasteiger partial charge in [0.15, 0.2) is 0 Å². The third kappa shape index (κ3) is 5.46. The van der Waals surface area contributed by atoms with Crippen LogP contribution in [0.2, 0.25) is 0 Å². The maximum atomic E-state index is 4.79. The van der Waals surface area contributed by atoms with E-state index in [9.17, 15) is 0 Å². The first-order valence-corrected chi connectivity index (χ1v) is 14.7. The number of hydrogen-bond donors (Lipinski definition) is 1. The molecule has 0 aliphatic heterocycles. The zero-order valence-electron chi connectivity index (χ0n) is 25.9. The van der Waals surface area contributed by atoms with Crippen molar-refractivity contribution in [2.75, 3.05) is 12.4 Å². The molecule has 0 unspecified atom stereocenters. The molecule has 0 spiro atoms. The molecule has 1 N–H and O–H groups in total. The van der Waals surface area contributed by atoms with E-state index in [-0.39, 0.29) is 0 Å². The highest BCUT2D eigenvalue weighted by molar-refractivity contribution is 6.03. The third-order valence-electron chi connectivity index (χ3n) is 8.25. The first-order chi connectivity index (χ1) is 19.6. The molecule has 3 heteroatoms. The molecule has 0 radical (unpaired) electrons. The Labute approximate surface area is 246 Å². The normalized spacial score (nSPS) is 11.4. The van der Waals surface area contributed by atoms with Gasteiger partial charge in [-0.25, -0.2) is 0 Å². The number of fused-ring (bicyclic) bond motifs is 1. The molecular formula is C38H43N3. The van der Waals surface area contributed by atoms with Crippen molar-refractivity contribution in [3.8, 4) is 33.6 Å². The third-order valence-corrected chi connectivity index (χ3v) is 8.25. The van der Waals surface area contributed by atoms with Crippen LogP contribution in [-0.2, 0) is 13.0 Å². The standard InChI is InChI=1S/C38H43N3/c1-23(2)18-32-27(7)28(8)38-33(37(32)29-12-10-25(5)11-13-29)21-36(41(38)22-24(3)4)31-16-17-40-35(20-31)30-14-15-34(39-9)26(6)19-30/h10-17,19-21,24,39H,1,18,22H2,2-9H3. The number of pyridine rings is 1. The lowest BCUT2D eigenvalue weighted by Crippen LogP contribution is -2.08. The molecule has 2 heterocycles. The number of nitrogens with one attached hydrogen (secondary N) is 1. The topological polar surface area (TPSA) is 29.9 Å². The van der Waals surface area contributed by atoms with Crippen LogP contribution in [0.25, 0.3) is 44.5 Å². The number of anilines is 1. The fourth-order valence-electron chi connectivity index (χ4n) is 6.12. The van der Waals surface area contributed by atoms with Gasteiger partial charge in [0.25, 0.3) is 0 Å². The maximum Gasteiger partial charge on any atom is 0.0708 e. The fraction of sp³-hybridized carbons (Fsp3) is 0.289. The highest BCUT2D eigenvalue weighted by Gasteiger charge is 2.23. The summed E-state index contributed by atoms with van der Waals surface area (Å²) in [6.45, 7) is 20.9. The van der Waals surface area contributed by atoms with Gasteiger partial charge in [-0.05, 0) is 111 Å². The van der Waals surface area contributed by atoms with Crippen LogP contribution in [0.4, 0.5) is 5.69 Å². The molecule has 0 aliphatic rings. The summed E-state index contributed by atoms with van der Waals surface area (Å²) in [7, 11) is 1.96.